The Balaban J connectivity index is 1.56. The van der Waals surface area contributed by atoms with E-state index in [4.69, 9.17) is 4.74 Å². The number of morpholine rings is 1. The van der Waals surface area contributed by atoms with Gasteiger partial charge in [0.05, 0.1) is 12.7 Å². The highest BCUT2D eigenvalue weighted by atomic mass is 16.5. The standard InChI is InChI=1S/C20H22N2O3/c23-15-21-18-9-7-17(8-10-18)20(24)22-12-13-25-19(14-22)11-6-16-4-2-1-3-5-16/h1-5,7-10,15,19H,6,11-14H2,(H,21,23)/t19-/m0/s1. The van der Waals surface area contributed by atoms with Gasteiger partial charge in [0.1, 0.15) is 0 Å². The van der Waals surface area contributed by atoms with Crippen LogP contribution in [0.3, 0.4) is 0 Å². The second-order valence-corrected chi connectivity index (χ2v) is 6.11. The van der Waals surface area contributed by atoms with E-state index in [1.807, 2.05) is 23.1 Å². The summed E-state index contributed by atoms with van der Waals surface area (Å²) in [6.45, 7) is 1.78. The molecule has 0 aromatic heterocycles. The van der Waals surface area contributed by atoms with Crippen LogP contribution in [0.15, 0.2) is 54.6 Å². The molecule has 3 rings (SSSR count). The highest BCUT2D eigenvalue weighted by Gasteiger charge is 2.24. The molecule has 130 valence electrons. The molecule has 1 N–H and O–H groups in total. The molecule has 0 unspecified atom stereocenters. The Kier molecular flexibility index (Phi) is 5.80. The molecule has 0 bridgehead atoms. The minimum atomic E-state index is 0.00524. The third-order valence-corrected chi connectivity index (χ3v) is 4.38. The maximum atomic E-state index is 12.7. The molecular weight excluding hydrogens is 316 g/mol. The molecule has 25 heavy (non-hydrogen) atoms. The van der Waals surface area contributed by atoms with Crippen molar-refractivity contribution in [1.82, 2.24) is 4.90 Å². The molecule has 0 saturated carbocycles. The van der Waals surface area contributed by atoms with Crippen LogP contribution in [0.25, 0.3) is 0 Å². The molecule has 0 aliphatic carbocycles. The van der Waals surface area contributed by atoms with E-state index in [2.05, 4.69) is 17.4 Å². The number of carbonyl (C=O) groups excluding carboxylic acids is 2. The van der Waals surface area contributed by atoms with Crippen LogP contribution >= 0.6 is 0 Å². The number of amides is 2. The van der Waals surface area contributed by atoms with E-state index in [9.17, 15) is 9.59 Å². The first kappa shape index (κ1) is 17.2. The van der Waals surface area contributed by atoms with Gasteiger partial charge in [0, 0.05) is 24.3 Å². The van der Waals surface area contributed by atoms with Crippen molar-refractivity contribution in [3.05, 3.63) is 65.7 Å². The second kappa shape index (κ2) is 8.44. The number of benzene rings is 2. The Labute approximate surface area is 147 Å². The van der Waals surface area contributed by atoms with Crippen molar-refractivity contribution in [1.29, 1.82) is 0 Å². The number of ether oxygens (including phenoxy) is 1. The largest absolute Gasteiger partial charge is 0.375 e. The van der Waals surface area contributed by atoms with Crippen molar-refractivity contribution < 1.29 is 14.3 Å². The van der Waals surface area contributed by atoms with Gasteiger partial charge in [0.2, 0.25) is 6.41 Å². The van der Waals surface area contributed by atoms with E-state index < -0.39 is 0 Å². The normalized spacial score (nSPS) is 17.1. The van der Waals surface area contributed by atoms with Crippen LogP contribution in [0, 0.1) is 0 Å². The van der Waals surface area contributed by atoms with Crippen LogP contribution < -0.4 is 5.32 Å². The number of aryl methyl sites for hydroxylation is 1. The Morgan fingerprint density at radius 2 is 1.92 bits per heavy atom. The van der Waals surface area contributed by atoms with Crippen LogP contribution in [0.4, 0.5) is 5.69 Å². The zero-order chi connectivity index (χ0) is 17.5. The maximum absolute atomic E-state index is 12.7. The molecule has 2 amide bonds. The third-order valence-electron chi connectivity index (χ3n) is 4.38. The molecule has 1 aliphatic heterocycles. The summed E-state index contributed by atoms with van der Waals surface area (Å²) in [6, 6.07) is 17.2. The summed E-state index contributed by atoms with van der Waals surface area (Å²) < 4.78 is 5.82. The molecule has 2 aromatic carbocycles. The molecule has 1 saturated heterocycles. The molecule has 1 fully saturated rings. The molecular formula is C20H22N2O3. The van der Waals surface area contributed by atoms with E-state index in [-0.39, 0.29) is 12.0 Å². The number of hydrogen-bond acceptors (Lipinski definition) is 3. The molecule has 1 atom stereocenters. The highest BCUT2D eigenvalue weighted by Crippen LogP contribution is 2.16. The fourth-order valence-electron chi connectivity index (χ4n) is 3.01. The zero-order valence-electron chi connectivity index (χ0n) is 14.1. The van der Waals surface area contributed by atoms with Crippen molar-refractivity contribution in [2.45, 2.75) is 18.9 Å². The first-order valence-electron chi connectivity index (χ1n) is 8.51. The predicted molar refractivity (Wildman–Crippen MR) is 96.5 cm³/mol. The number of nitrogens with zero attached hydrogens (tertiary/aromatic N) is 1. The van der Waals surface area contributed by atoms with Crippen molar-refractivity contribution >= 4 is 18.0 Å². The number of carbonyl (C=O) groups is 2. The van der Waals surface area contributed by atoms with Gasteiger partial charge in [-0.15, -0.1) is 0 Å². The van der Waals surface area contributed by atoms with Gasteiger partial charge >= 0.3 is 0 Å². The molecule has 5 nitrogen and oxygen atoms in total. The minimum absolute atomic E-state index is 0.00524. The molecule has 5 heteroatoms. The van der Waals surface area contributed by atoms with Gasteiger partial charge in [-0.25, -0.2) is 0 Å². The van der Waals surface area contributed by atoms with E-state index in [1.54, 1.807) is 24.3 Å². The average Bonchev–Trinajstić information content (AvgIpc) is 2.68. The van der Waals surface area contributed by atoms with Crippen molar-refractivity contribution in [2.75, 3.05) is 25.0 Å². The first-order valence-corrected chi connectivity index (χ1v) is 8.51. The lowest BCUT2D eigenvalue weighted by atomic mass is 10.1. The molecule has 0 radical (unpaired) electrons. The number of anilines is 1. The van der Waals surface area contributed by atoms with Crippen molar-refractivity contribution in [3.63, 3.8) is 0 Å². The maximum Gasteiger partial charge on any atom is 0.254 e. The van der Waals surface area contributed by atoms with Crippen LogP contribution in [0.5, 0.6) is 0 Å². The quantitative estimate of drug-likeness (QED) is 0.824. The van der Waals surface area contributed by atoms with Gasteiger partial charge in [-0.05, 0) is 42.7 Å². The summed E-state index contributed by atoms with van der Waals surface area (Å²) in [5.41, 5.74) is 2.59. The van der Waals surface area contributed by atoms with Crippen molar-refractivity contribution in [2.24, 2.45) is 0 Å². The van der Waals surface area contributed by atoms with E-state index in [0.717, 1.165) is 12.8 Å². The van der Waals surface area contributed by atoms with E-state index in [0.29, 0.717) is 37.4 Å². The van der Waals surface area contributed by atoms with Crippen LogP contribution in [-0.4, -0.2) is 43.0 Å². The van der Waals surface area contributed by atoms with Crippen LogP contribution in [0.2, 0.25) is 0 Å². The topological polar surface area (TPSA) is 58.6 Å². The summed E-state index contributed by atoms with van der Waals surface area (Å²) in [5.74, 6) is 0.00524. The van der Waals surface area contributed by atoms with E-state index >= 15 is 0 Å². The fourth-order valence-corrected chi connectivity index (χ4v) is 3.01. The lowest BCUT2D eigenvalue weighted by Crippen LogP contribution is -2.45. The van der Waals surface area contributed by atoms with Gasteiger partial charge in [-0.2, -0.15) is 0 Å². The van der Waals surface area contributed by atoms with Gasteiger partial charge in [0.15, 0.2) is 0 Å². The summed E-state index contributed by atoms with van der Waals surface area (Å²) in [4.78, 5) is 25.0. The van der Waals surface area contributed by atoms with Gasteiger partial charge in [0.25, 0.3) is 5.91 Å². The number of hydrogen-bond donors (Lipinski definition) is 1. The summed E-state index contributed by atoms with van der Waals surface area (Å²) >= 11 is 0. The smallest absolute Gasteiger partial charge is 0.254 e. The average molecular weight is 338 g/mol. The predicted octanol–water partition coefficient (Wildman–Crippen LogP) is 2.73. The van der Waals surface area contributed by atoms with Crippen LogP contribution in [0.1, 0.15) is 22.3 Å². The Hall–Kier alpha value is -2.66. The van der Waals surface area contributed by atoms with Crippen LogP contribution in [-0.2, 0) is 16.0 Å². The Morgan fingerprint density at radius 1 is 1.16 bits per heavy atom. The SMILES string of the molecule is O=CNc1ccc(C(=O)N2CCO[C@@H](CCc3ccccc3)C2)cc1. The third kappa shape index (κ3) is 4.67. The second-order valence-electron chi connectivity index (χ2n) is 6.11. The summed E-state index contributed by atoms with van der Waals surface area (Å²) in [6.07, 6.45) is 2.53. The highest BCUT2D eigenvalue weighted by molar-refractivity contribution is 5.94. The molecule has 1 aliphatic rings. The van der Waals surface area contributed by atoms with Gasteiger partial charge in [-0.3, -0.25) is 9.59 Å². The number of rotatable bonds is 6. The summed E-state index contributed by atoms with van der Waals surface area (Å²) in [5, 5.41) is 2.57. The fraction of sp³-hybridized carbons (Fsp3) is 0.300. The lowest BCUT2D eigenvalue weighted by Gasteiger charge is -2.33. The number of nitrogens with one attached hydrogen (secondary N) is 1. The monoisotopic (exact) mass is 338 g/mol. The van der Waals surface area contributed by atoms with Crippen molar-refractivity contribution in [3.8, 4) is 0 Å². The van der Waals surface area contributed by atoms with Gasteiger partial charge < -0.3 is 15.0 Å². The molecule has 0 spiro atoms. The Bertz CT molecular complexity index is 701. The van der Waals surface area contributed by atoms with Gasteiger partial charge in [-0.1, -0.05) is 30.3 Å². The summed E-state index contributed by atoms with van der Waals surface area (Å²) in [7, 11) is 0. The lowest BCUT2D eigenvalue weighted by molar-refractivity contribution is -0.105. The van der Waals surface area contributed by atoms with E-state index in [1.165, 1.54) is 5.56 Å². The first-order chi connectivity index (χ1) is 12.3. The minimum Gasteiger partial charge on any atom is -0.375 e. The molecule has 1 heterocycles. The Morgan fingerprint density at radius 3 is 2.64 bits per heavy atom. The molecule has 2 aromatic rings. The zero-order valence-corrected chi connectivity index (χ0v) is 14.1.